The van der Waals surface area contributed by atoms with Gasteiger partial charge in [0, 0.05) is 20.6 Å². The van der Waals surface area contributed by atoms with Crippen LogP contribution >= 0.6 is 27.5 Å². The molecule has 0 fully saturated rings. The number of anilines is 1. The summed E-state index contributed by atoms with van der Waals surface area (Å²) in [7, 11) is 0. The SMILES string of the molecule is Cc1nn(Cc2c(F)cccc2Cl)c(C)c1NC(=O)c1cccc(COc2cccc(Br)c2)c1. The Bertz CT molecular complexity index is 1340. The van der Waals surface area contributed by atoms with Crippen molar-refractivity contribution in [3.05, 3.63) is 110 Å². The van der Waals surface area contributed by atoms with Crippen LogP contribution in [0, 0.1) is 19.7 Å². The first-order valence-electron chi connectivity index (χ1n) is 10.6. The molecule has 0 aliphatic heterocycles. The molecular weight excluding hydrogens is 521 g/mol. The molecule has 174 valence electrons. The summed E-state index contributed by atoms with van der Waals surface area (Å²) in [6, 6.07) is 19.4. The fourth-order valence-electron chi connectivity index (χ4n) is 3.58. The highest BCUT2D eigenvalue weighted by Crippen LogP contribution is 2.25. The second-order valence-corrected chi connectivity index (χ2v) is 9.13. The minimum atomic E-state index is -0.396. The van der Waals surface area contributed by atoms with Gasteiger partial charge in [0.15, 0.2) is 0 Å². The van der Waals surface area contributed by atoms with Crippen LogP contribution in [0.4, 0.5) is 10.1 Å². The molecule has 1 amide bonds. The first kappa shape index (κ1) is 24.0. The smallest absolute Gasteiger partial charge is 0.255 e. The van der Waals surface area contributed by atoms with Crippen molar-refractivity contribution in [1.29, 1.82) is 0 Å². The number of hydrogen-bond acceptors (Lipinski definition) is 3. The van der Waals surface area contributed by atoms with E-state index in [4.69, 9.17) is 16.3 Å². The Labute approximate surface area is 210 Å². The molecule has 1 heterocycles. The third kappa shape index (κ3) is 5.48. The fraction of sp³-hybridized carbons (Fsp3) is 0.154. The van der Waals surface area contributed by atoms with E-state index in [1.54, 1.807) is 35.9 Å². The molecule has 4 aromatic rings. The number of aryl methyl sites for hydroxylation is 1. The normalized spacial score (nSPS) is 10.9. The Balaban J connectivity index is 1.48. The molecule has 0 saturated carbocycles. The fourth-order valence-corrected chi connectivity index (χ4v) is 4.18. The minimum Gasteiger partial charge on any atom is -0.489 e. The monoisotopic (exact) mass is 541 g/mol. The van der Waals surface area contributed by atoms with Crippen LogP contribution in [0.15, 0.2) is 71.2 Å². The van der Waals surface area contributed by atoms with Crippen molar-refractivity contribution in [3.8, 4) is 5.75 Å². The average Bonchev–Trinajstić information content (AvgIpc) is 3.08. The molecule has 4 rings (SSSR count). The Hall–Kier alpha value is -3.16. The molecular formula is C26H22BrClFN3O2. The van der Waals surface area contributed by atoms with Crippen LogP contribution in [0.25, 0.3) is 0 Å². The Kier molecular flexibility index (Phi) is 7.34. The summed E-state index contributed by atoms with van der Waals surface area (Å²) in [5.41, 5.74) is 3.65. The van der Waals surface area contributed by atoms with E-state index in [0.29, 0.717) is 39.8 Å². The zero-order valence-electron chi connectivity index (χ0n) is 18.6. The Morgan fingerprint density at radius 1 is 1.12 bits per heavy atom. The van der Waals surface area contributed by atoms with Crippen molar-refractivity contribution in [3.63, 3.8) is 0 Å². The number of halogens is 3. The van der Waals surface area contributed by atoms with Gasteiger partial charge >= 0.3 is 0 Å². The van der Waals surface area contributed by atoms with Gasteiger partial charge in [-0.1, -0.05) is 51.8 Å². The van der Waals surface area contributed by atoms with Gasteiger partial charge in [-0.3, -0.25) is 9.48 Å². The molecule has 0 radical (unpaired) electrons. The average molecular weight is 543 g/mol. The largest absolute Gasteiger partial charge is 0.489 e. The summed E-state index contributed by atoms with van der Waals surface area (Å²) in [5.74, 6) is 0.0735. The minimum absolute atomic E-state index is 0.163. The zero-order chi connectivity index (χ0) is 24.2. The van der Waals surface area contributed by atoms with Gasteiger partial charge in [-0.25, -0.2) is 4.39 Å². The molecule has 1 N–H and O–H groups in total. The molecule has 8 heteroatoms. The standard InChI is InChI=1S/C26H22BrClFN3O2/c1-16-25(17(2)32(31-16)14-22-23(28)10-5-11-24(22)29)30-26(33)19-7-3-6-18(12-19)15-34-21-9-4-8-20(27)13-21/h3-13H,14-15H2,1-2H3,(H,30,33). The molecule has 0 spiro atoms. The highest BCUT2D eigenvalue weighted by Gasteiger charge is 2.17. The van der Waals surface area contributed by atoms with Crippen molar-refractivity contribution in [2.24, 2.45) is 0 Å². The number of nitrogens with one attached hydrogen (secondary N) is 1. The maximum Gasteiger partial charge on any atom is 0.255 e. The molecule has 34 heavy (non-hydrogen) atoms. The summed E-state index contributed by atoms with van der Waals surface area (Å²) in [6.07, 6.45) is 0. The number of amides is 1. The molecule has 5 nitrogen and oxygen atoms in total. The topological polar surface area (TPSA) is 56.2 Å². The van der Waals surface area contributed by atoms with E-state index >= 15 is 0 Å². The summed E-state index contributed by atoms with van der Waals surface area (Å²) in [5, 5.41) is 7.75. The summed E-state index contributed by atoms with van der Waals surface area (Å²) in [4.78, 5) is 13.0. The van der Waals surface area contributed by atoms with Crippen LogP contribution in [-0.4, -0.2) is 15.7 Å². The van der Waals surface area contributed by atoms with Crippen LogP contribution < -0.4 is 10.1 Å². The molecule has 0 bridgehead atoms. The maximum atomic E-state index is 14.2. The van der Waals surface area contributed by atoms with E-state index in [1.807, 2.05) is 43.3 Å². The number of nitrogens with zero attached hydrogens (tertiary/aromatic N) is 2. The first-order chi connectivity index (χ1) is 16.3. The molecule has 0 aliphatic rings. The van der Waals surface area contributed by atoms with Gasteiger partial charge in [0.2, 0.25) is 0 Å². The number of rotatable bonds is 7. The lowest BCUT2D eigenvalue weighted by atomic mass is 10.1. The second kappa shape index (κ2) is 10.4. The van der Waals surface area contributed by atoms with Gasteiger partial charge in [-0.05, 0) is 61.9 Å². The summed E-state index contributed by atoms with van der Waals surface area (Å²) < 4.78 is 22.6. The van der Waals surface area contributed by atoms with Gasteiger partial charge in [-0.15, -0.1) is 0 Å². The number of carbonyl (C=O) groups excluding carboxylic acids is 1. The zero-order valence-corrected chi connectivity index (χ0v) is 21.0. The number of benzene rings is 3. The molecule has 0 unspecified atom stereocenters. The molecule has 1 aromatic heterocycles. The van der Waals surface area contributed by atoms with Gasteiger partial charge in [0.1, 0.15) is 18.2 Å². The third-order valence-electron chi connectivity index (χ3n) is 5.38. The highest BCUT2D eigenvalue weighted by molar-refractivity contribution is 9.10. The van der Waals surface area contributed by atoms with Crippen LogP contribution in [-0.2, 0) is 13.2 Å². The Morgan fingerprint density at radius 2 is 1.88 bits per heavy atom. The highest BCUT2D eigenvalue weighted by atomic mass is 79.9. The molecule has 0 saturated heterocycles. The lowest BCUT2D eigenvalue weighted by molar-refractivity contribution is 0.102. The van der Waals surface area contributed by atoms with E-state index in [1.165, 1.54) is 6.07 Å². The second-order valence-electron chi connectivity index (χ2n) is 7.80. The van der Waals surface area contributed by atoms with Crippen molar-refractivity contribution in [2.45, 2.75) is 27.0 Å². The van der Waals surface area contributed by atoms with Gasteiger partial charge < -0.3 is 10.1 Å². The Morgan fingerprint density at radius 3 is 2.65 bits per heavy atom. The van der Waals surface area contributed by atoms with Crippen LogP contribution in [0.1, 0.15) is 32.9 Å². The summed E-state index contributed by atoms with van der Waals surface area (Å²) in [6.45, 7) is 4.12. The van der Waals surface area contributed by atoms with E-state index < -0.39 is 5.82 Å². The van der Waals surface area contributed by atoms with E-state index in [-0.39, 0.29) is 12.5 Å². The quantitative estimate of drug-likeness (QED) is 0.275. The van der Waals surface area contributed by atoms with E-state index in [2.05, 4.69) is 26.3 Å². The predicted octanol–water partition coefficient (Wildman–Crippen LogP) is 6.93. The number of aromatic nitrogens is 2. The van der Waals surface area contributed by atoms with E-state index in [0.717, 1.165) is 15.8 Å². The van der Waals surface area contributed by atoms with Crippen LogP contribution in [0.2, 0.25) is 5.02 Å². The van der Waals surface area contributed by atoms with Gasteiger partial charge in [-0.2, -0.15) is 5.10 Å². The summed E-state index contributed by atoms with van der Waals surface area (Å²) >= 11 is 9.59. The number of carbonyl (C=O) groups is 1. The maximum absolute atomic E-state index is 14.2. The van der Waals surface area contributed by atoms with Crippen LogP contribution in [0.5, 0.6) is 5.75 Å². The molecule has 3 aromatic carbocycles. The van der Waals surface area contributed by atoms with Gasteiger partial charge in [0.05, 0.1) is 23.6 Å². The molecule has 0 aliphatic carbocycles. The van der Waals surface area contributed by atoms with Gasteiger partial charge in [0.25, 0.3) is 5.91 Å². The molecule has 0 atom stereocenters. The van der Waals surface area contributed by atoms with Crippen molar-refractivity contribution >= 4 is 39.1 Å². The van der Waals surface area contributed by atoms with Crippen molar-refractivity contribution < 1.29 is 13.9 Å². The third-order valence-corrected chi connectivity index (χ3v) is 6.23. The number of ether oxygens (including phenoxy) is 1. The number of hydrogen-bond donors (Lipinski definition) is 1. The van der Waals surface area contributed by atoms with E-state index in [9.17, 15) is 9.18 Å². The first-order valence-corrected chi connectivity index (χ1v) is 11.7. The van der Waals surface area contributed by atoms with Crippen molar-refractivity contribution in [2.75, 3.05) is 5.32 Å². The lowest BCUT2D eigenvalue weighted by Crippen LogP contribution is -2.14. The lowest BCUT2D eigenvalue weighted by Gasteiger charge is -2.10. The van der Waals surface area contributed by atoms with Crippen LogP contribution in [0.3, 0.4) is 0 Å². The van der Waals surface area contributed by atoms with Crippen molar-refractivity contribution in [1.82, 2.24) is 9.78 Å². The predicted molar refractivity (Wildman–Crippen MR) is 135 cm³/mol.